The molecule has 2 rings (SSSR count). The number of rotatable bonds is 4. The minimum absolute atomic E-state index is 0.0821. The predicted octanol–water partition coefficient (Wildman–Crippen LogP) is 1.56. The van der Waals surface area contributed by atoms with Crippen LogP contribution in [0.25, 0.3) is 0 Å². The number of hydrogen-bond acceptors (Lipinski definition) is 3. The van der Waals surface area contributed by atoms with E-state index in [4.69, 9.17) is 4.74 Å². The molecule has 0 saturated carbocycles. The van der Waals surface area contributed by atoms with Crippen LogP contribution < -0.4 is 15.4 Å². The van der Waals surface area contributed by atoms with E-state index in [9.17, 15) is 4.79 Å². The molecule has 1 aromatic rings. The van der Waals surface area contributed by atoms with Crippen molar-refractivity contribution in [1.29, 1.82) is 0 Å². The minimum Gasteiger partial charge on any atom is -0.479 e. The fourth-order valence-corrected chi connectivity index (χ4v) is 1.82. The van der Waals surface area contributed by atoms with Gasteiger partial charge in [0, 0.05) is 0 Å². The van der Waals surface area contributed by atoms with E-state index in [0.29, 0.717) is 0 Å². The van der Waals surface area contributed by atoms with Gasteiger partial charge in [0.25, 0.3) is 5.91 Å². The van der Waals surface area contributed by atoms with Crippen LogP contribution in [-0.2, 0) is 11.2 Å². The van der Waals surface area contributed by atoms with Gasteiger partial charge in [0.1, 0.15) is 5.75 Å². The van der Waals surface area contributed by atoms with Gasteiger partial charge >= 0.3 is 0 Å². The van der Waals surface area contributed by atoms with Crippen LogP contribution in [-0.4, -0.2) is 25.1 Å². The molecule has 0 aliphatic carbocycles. The normalized spacial score (nSPS) is 18.2. The SMILES string of the molecule is CCNCCc1ccc2c(c1)NC(=O)C(C)O2. The lowest BCUT2D eigenvalue weighted by atomic mass is 10.1. The number of benzene rings is 1. The zero-order valence-electron chi connectivity index (χ0n) is 10.2. The third-order valence-corrected chi connectivity index (χ3v) is 2.82. The van der Waals surface area contributed by atoms with Gasteiger partial charge in [-0.2, -0.15) is 0 Å². The summed E-state index contributed by atoms with van der Waals surface area (Å²) in [6.07, 6.45) is 0.544. The molecule has 1 amide bonds. The number of anilines is 1. The molecule has 0 bridgehead atoms. The number of hydrogen-bond donors (Lipinski definition) is 2. The average Bonchev–Trinajstić information content (AvgIpc) is 2.31. The summed E-state index contributed by atoms with van der Waals surface area (Å²) in [6, 6.07) is 5.95. The second kappa shape index (κ2) is 5.19. The second-order valence-corrected chi connectivity index (χ2v) is 4.18. The van der Waals surface area contributed by atoms with Gasteiger partial charge in [-0.1, -0.05) is 13.0 Å². The summed E-state index contributed by atoms with van der Waals surface area (Å²) in [4.78, 5) is 11.5. The Kier molecular flexibility index (Phi) is 3.64. The Bertz CT molecular complexity index is 418. The zero-order chi connectivity index (χ0) is 12.3. The van der Waals surface area contributed by atoms with Crippen molar-refractivity contribution in [2.45, 2.75) is 26.4 Å². The first kappa shape index (κ1) is 11.9. The van der Waals surface area contributed by atoms with Crippen molar-refractivity contribution >= 4 is 11.6 Å². The number of nitrogens with one attached hydrogen (secondary N) is 2. The number of ether oxygens (including phenoxy) is 1. The fourth-order valence-electron chi connectivity index (χ4n) is 1.82. The van der Waals surface area contributed by atoms with Crippen LogP contribution in [0.15, 0.2) is 18.2 Å². The predicted molar refractivity (Wildman–Crippen MR) is 67.4 cm³/mol. The Hall–Kier alpha value is -1.55. The maximum atomic E-state index is 11.5. The number of likely N-dealkylation sites (N-methyl/N-ethyl adjacent to an activating group) is 1. The molecule has 0 radical (unpaired) electrons. The summed E-state index contributed by atoms with van der Waals surface area (Å²) in [7, 11) is 0. The molecular weight excluding hydrogens is 216 g/mol. The van der Waals surface area contributed by atoms with E-state index in [1.807, 2.05) is 18.2 Å². The van der Waals surface area contributed by atoms with Gasteiger partial charge in [0.2, 0.25) is 0 Å². The van der Waals surface area contributed by atoms with E-state index in [1.54, 1.807) is 6.92 Å². The van der Waals surface area contributed by atoms with Crippen LogP contribution in [0.5, 0.6) is 5.75 Å². The van der Waals surface area contributed by atoms with Crippen molar-refractivity contribution in [1.82, 2.24) is 5.32 Å². The first-order chi connectivity index (χ1) is 8.20. The van der Waals surface area contributed by atoms with Gasteiger partial charge in [0.15, 0.2) is 6.10 Å². The summed E-state index contributed by atoms with van der Waals surface area (Å²) in [5.41, 5.74) is 1.98. The molecule has 92 valence electrons. The van der Waals surface area contributed by atoms with Crippen molar-refractivity contribution in [2.24, 2.45) is 0 Å². The van der Waals surface area contributed by atoms with E-state index < -0.39 is 6.10 Å². The Morgan fingerprint density at radius 2 is 2.29 bits per heavy atom. The minimum atomic E-state index is -0.407. The van der Waals surface area contributed by atoms with Crippen molar-refractivity contribution in [2.75, 3.05) is 18.4 Å². The van der Waals surface area contributed by atoms with Crippen LogP contribution >= 0.6 is 0 Å². The lowest BCUT2D eigenvalue weighted by molar-refractivity contribution is -0.122. The van der Waals surface area contributed by atoms with Crippen molar-refractivity contribution < 1.29 is 9.53 Å². The van der Waals surface area contributed by atoms with Crippen LogP contribution in [0.3, 0.4) is 0 Å². The third kappa shape index (κ3) is 2.77. The summed E-state index contributed by atoms with van der Waals surface area (Å²) in [5.74, 6) is 0.672. The molecule has 1 aliphatic rings. The molecule has 0 spiro atoms. The molecule has 2 N–H and O–H groups in total. The molecule has 1 aliphatic heterocycles. The van der Waals surface area contributed by atoms with Crippen LogP contribution in [0.1, 0.15) is 19.4 Å². The standard InChI is InChI=1S/C13H18N2O2/c1-3-14-7-6-10-4-5-12-11(8-10)15-13(16)9(2)17-12/h4-5,8-9,14H,3,6-7H2,1-2H3,(H,15,16). The zero-order valence-corrected chi connectivity index (χ0v) is 10.2. The molecule has 4 nitrogen and oxygen atoms in total. The van der Waals surface area contributed by atoms with Gasteiger partial charge in [-0.05, 0) is 44.1 Å². The molecule has 1 unspecified atom stereocenters. The van der Waals surface area contributed by atoms with Gasteiger partial charge in [0.05, 0.1) is 5.69 Å². The average molecular weight is 234 g/mol. The van der Waals surface area contributed by atoms with Crippen LogP contribution in [0, 0.1) is 0 Å². The van der Waals surface area contributed by atoms with Crippen molar-refractivity contribution in [3.63, 3.8) is 0 Å². The molecule has 4 heteroatoms. The summed E-state index contributed by atoms with van der Waals surface area (Å²) in [6.45, 7) is 5.75. The number of carbonyl (C=O) groups excluding carboxylic acids is 1. The van der Waals surface area contributed by atoms with Crippen LogP contribution in [0.4, 0.5) is 5.69 Å². The Morgan fingerprint density at radius 1 is 1.47 bits per heavy atom. The van der Waals surface area contributed by atoms with Crippen molar-refractivity contribution in [3.8, 4) is 5.75 Å². The molecule has 0 aromatic heterocycles. The number of fused-ring (bicyclic) bond motifs is 1. The molecule has 1 heterocycles. The monoisotopic (exact) mass is 234 g/mol. The highest BCUT2D eigenvalue weighted by Gasteiger charge is 2.23. The Balaban J connectivity index is 2.09. The van der Waals surface area contributed by atoms with Gasteiger partial charge in [-0.25, -0.2) is 0 Å². The van der Waals surface area contributed by atoms with E-state index in [2.05, 4.69) is 17.6 Å². The molecule has 1 aromatic carbocycles. The number of amides is 1. The van der Waals surface area contributed by atoms with Gasteiger partial charge in [-0.3, -0.25) is 4.79 Å². The fraction of sp³-hybridized carbons (Fsp3) is 0.462. The maximum absolute atomic E-state index is 11.5. The summed E-state index contributed by atoms with van der Waals surface area (Å²) < 4.78 is 5.50. The quantitative estimate of drug-likeness (QED) is 0.777. The first-order valence-electron chi connectivity index (χ1n) is 6.02. The van der Waals surface area contributed by atoms with Gasteiger partial charge in [-0.15, -0.1) is 0 Å². The third-order valence-electron chi connectivity index (χ3n) is 2.82. The highest BCUT2D eigenvalue weighted by atomic mass is 16.5. The smallest absolute Gasteiger partial charge is 0.265 e. The molecule has 0 fully saturated rings. The lowest BCUT2D eigenvalue weighted by Gasteiger charge is -2.23. The summed E-state index contributed by atoms with van der Waals surface area (Å²) >= 11 is 0. The van der Waals surface area contributed by atoms with E-state index in [1.165, 1.54) is 5.56 Å². The maximum Gasteiger partial charge on any atom is 0.265 e. The highest BCUT2D eigenvalue weighted by molar-refractivity contribution is 5.97. The van der Waals surface area contributed by atoms with E-state index in [0.717, 1.165) is 30.9 Å². The highest BCUT2D eigenvalue weighted by Crippen LogP contribution is 2.30. The van der Waals surface area contributed by atoms with Crippen molar-refractivity contribution in [3.05, 3.63) is 23.8 Å². The lowest BCUT2D eigenvalue weighted by Crippen LogP contribution is -2.34. The first-order valence-corrected chi connectivity index (χ1v) is 6.02. The Morgan fingerprint density at radius 3 is 3.06 bits per heavy atom. The topological polar surface area (TPSA) is 50.4 Å². The molecule has 1 atom stereocenters. The Labute approximate surface area is 101 Å². The van der Waals surface area contributed by atoms with E-state index in [-0.39, 0.29) is 5.91 Å². The van der Waals surface area contributed by atoms with E-state index >= 15 is 0 Å². The molecule has 0 saturated heterocycles. The molecule has 17 heavy (non-hydrogen) atoms. The summed E-state index contributed by atoms with van der Waals surface area (Å²) in [5, 5.41) is 6.13. The largest absolute Gasteiger partial charge is 0.479 e. The van der Waals surface area contributed by atoms with Crippen LogP contribution in [0.2, 0.25) is 0 Å². The van der Waals surface area contributed by atoms with Gasteiger partial charge < -0.3 is 15.4 Å². The number of carbonyl (C=O) groups is 1. The second-order valence-electron chi connectivity index (χ2n) is 4.18. The molecular formula is C13H18N2O2.